The van der Waals surface area contributed by atoms with Crippen molar-refractivity contribution in [3.8, 4) is 11.1 Å². The summed E-state index contributed by atoms with van der Waals surface area (Å²) in [6.07, 6.45) is 4.45. The van der Waals surface area contributed by atoms with Gasteiger partial charge in [-0.1, -0.05) is 42.5 Å². The van der Waals surface area contributed by atoms with E-state index < -0.39 is 0 Å². The number of anilines is 1. The molecule has 6 heteroatoms. The van der Waals surface area contributed by atoms with Crippen LogP contribution in [-0.4, -0.2) is 32.7 Å². The molecule has 0 aliphatic carbocycles. The molecule has 0 bridgehead atoms. The Bertz CT molecular complexity index is 1200. The van der Waals surface area contributed by atoms with Crippen molar-refractivity contribution in [1.29, 1.82) is 0 Å². The monoisotopic (exact) mass is 383 g/mol. The number of carbonyl (C=O) groups excluding carboxylic acids is 1. The Morgan fingerprint density at radius 1 is 1.10 bits per heavy atom. The van der Waals surface area contributed by atoms with Crippen molar-refractivity contribution in [2.45, 2.75) is 19.9 Å². The largest absolute Gasteiger partial charge is 0.322 e. The molecule has 3 heterocycles. The molecule has 4 aromatic rings. The van der Waals surface area contributed by atoms with Crippen molar-refractivity contribution < 1.29 is 4.79 Å². The molecule has 2 amide bonds. The normalized spacial score (nSPS) is 13.3. The molecular formula is C23H21N5O. The number of hydrogen-bond donors (Lipinski definition) is 2. The van der Waals surface area contributed by atoms with Gasteiger partial charge >= 0.3 is 6.03 Å². The number of aromatic amines is 1. The fourth-order valence-electron chi connectivity index (χ4n) is 4.02. The number of fused-ring (bicyclic) bond motifs is 3. The molecule has 1 aliphatic heterocycles. The van der Waals surface area contributed by atoms with Crippen LogP contribution < -0.4 is 5.32 Å². The summed E-state index contributed by atoms with van der Waals surface area (Å²) in [5.74, 6) is 0. The summed E-state index contributed by atoms with van der Waals surface area (Å²) < 4.78 is 0. The molecule has 5 rings (SSSR count). The number of rotatable bonds is 2. The smallest absolute Gasteiger partial charge is 0.320 e. The maximum absolute atomic E-state index is 13.0. The Morgan fingerprint density at radius 3 is 2.83 bits per heavy atom. The number of hydrogen-bond acceptors (Lipinski definition) is 3. The van der Waals surface area contributed by atoms with Gasteiger partial charge in [-0.2, -0.15) is 5.10 Å². The van der Waals surface area contributed by atoms with Crippen LogP contribution in [0.15, 0.2) is 60.9 Å². The zero-order valence-electron chi connectivity index (χ0n) is 16.1. The van der Waals surface area contributed by atoms with Gasteiger partial charge in [0, 0.05) is 30.4 Å². The van der Waals surface area contributed by atoms with Gasteiger partial charge in [0.1, 0.15) is 0 Å². The topological polar surface area (TPSA) is 73.9 Å². The maximum Gasteiger partial charge on any atom is 0.322 e. The second-order valence-electron chi connectivity index (χ2n) is 7.34. The highest BCUT2D eigenvalue weighted by atomic mass is 16.2. The van der Waals surface area contributed by atoms with Gasteiger partial charge in [0.15, 0.2) is 5.65 Å². The lowest BCUT2D eigenvalue weighted by Gasteiger charge is -2.29. The van der Waals surface area contributed by atoms with E-state index in [0.29, 0.717) is 13.1 Å². The molecular weight excluding hydrogens is 362 g/mol. The first kappa shape index (κ1) is 17.4. The number of amides is 2. The van der Waals surface area contributed by atoms with Crippen LogP contribution in [0.4, 0.5) is 10.5 Å². The van der Waals surface area contributed by atoms with E-state index in [0.717, 1.165) is 45.4 Å². The first-order chi connectivity index (χ1) is 14.2. The van der Waals surface area contributed by atoms with E-state index in [1.165, 1.54) is 5.56 Å². The lowest BCUT2D eigenvalue weighted by molar-refractivity contribution is 0.206. The summed E-state index contributed by atoms with van der Waals surface area (Å²) in [6, 6.07) is 16.1. The van der Waals surface area contributed by atoms with E-state index in [1.807, 2.05) is 54.5 Å². The van der Waals surface area contributed by atoms with Crippen molar-refractivity contribution >= 4 is 22.8 Å². The number of urea groups is 1. The zero-order valence-corrected chi connectivity index (χ0v) is 16.1. The molecule has 6 nitrogen and oxygen atoms in total. The van der Waals surface area contributed by atoms with Gasteiger partial charge in [-0.15, -0.1) is 0 Å². The van der Waals surface area contributed by atoms with Crippen LogP contribution in [0.2, 0.25) is 0 Å². The highest BCUT2D eigenvalue weighted by Crippen LogP contribution is 2.29. The molecule has 29 heavy (non-hydrogen) atoms. The Labute approximate surface area is 168 Å². The van der Waals surface area contributed by atoms with Gasteiger partial charge in [0.2, 0.25) is 0 Å². The number of nitrogens with one attached hydrogen (secondary N) is 2. The van der Waals surface area contributed by atoms with E-state index in [2.05, 4.69) is 38.7 Å². The van der Waals surface area contributed by atoms with Crippen molar-refractivity contribution in [3.63, 3.8) is 0 Å². The Kier molecular flexibility index (Phi) is 4.24. The molecule has 0 radical (unpaired) electrons. The molecule has 0 spiro atoms. The average molecular weight is 383 g/mol. The van der Waals surface area contributed by atoms with Crippen LogP contribution in [0.1, 0.15) is 16.7 Å². The molecule has 0 fully saturated rings. The van der Waals surface area contributed by atoms with E-state index >= 15 is 0 Å². The van der Waals surface area contributed by atoms with Crippen LogP contribution in [0.3, 0.4) is 0 Å². The van der Waals surface area contributed by atoms with Crippen LogP contribution in [0.5, 0.6) is 0 Å². The fourth-order valence-corrected chi connectivity index (χ4v) is 4.02. The first-order valence-electron chi connectivity index (χ1n) is 9.71. The van der Waals surface area contributed by atoms with E-state index in [4.69, 9.17) is 0 Å². The van der Waals surface area contributed by atoms with Gasteiger partial charge in [-0.25, -0.2) is 9.78 Å². The Morgan fingerprint density at radius 2 is 1.97 bits per heavy atom. The van der Waals surface area contributed by atoms with Gasteiger partial charge in [0.05, 0.1) is 6.20 Å². The number of aromatic nitrogens is 3. The highest BCUT2D eigenvalue weighted by molar-refractivity contribution is 5.92. The SMILES string of the molecule is Cc1c(NC(=O)N2CCc3c(cnc4[nH]ncc34)C2)cccc1-c1ccccc1. The summed E-state index contributed by atoms with van der Waals surface area (Å²) in [6.45, 7) is 3.26. The minimum atomic E-state index is -0.0868. The minimum Gasteiger partial charge on any atom is -0.320 e. The predicted octanol–water partition coefficient (Wildman–Crippen LogP) is 4.52. The number of nitrogens with zero attached hydrogens (tertiary/aromatic N) is 3. The van der Waals surface area contributed by atoms with Crippen molar-refractivity contribution in [2.75, 3.05) is 11.9 Å². The van der Waals surface area contributed by atoms with E-state index in [9.17, 15) is 4.79 Å². The van der Waals surface area contributed by atoms with Gasteiger partial charge < -0.3 is 10.2 Å². The predicted molar refractivity (Wildman–Crippen MR) is 114 cm³/mol. The summed E-state index contributed by atoms with van der Waals surface area (Å²) in [5, 5.41) is 11.1. The Hall–Kier alpha value is -3.67. The summed E-state index contributed by atoms with van der Waals surface area (Å²) in [4.78, 5) is 19.2. The third-order valence-corrected chi connectivity index (χ3v) is 5.62. The second-order valence-corrected chi connectivity index (χ2v) is 7.34. The molecule has 144 valence electrons. The van der Waals surface area contributed by atoms with Crippen molar-refractivity contribution in [1.82, 2.24) is 20.1 Å². The standard InChI is InChI=1S/C23H21N5O/c1-15-18(16-6-3-2-4-7-16)8-5-9-21(15)26-23(29)28-11-10-19-17(14-28)12-24-22-20(19)13-25-27-22/h2-9,12-13H,10-11,14H2,1H3,(H,26,29)(H,24,25,27). The highest BCUT2D eigenvalue weighted by Gasteiger charge is 2.23. The van der Waals surface area contributed by atoms with Gasteiger partial charge in [-0.3, -0.25) is 5.10 Å². The molecule has 0 atom stereocenters. The van der Waals surface area contributed by atoms with E-state index in [-0.39, 0.29) is 6.03 Å². The molecule has 0 saturated carbocycles. The average Bonchev–Trinajstić information content (AvgIpc) is 3.25. The number of H-pyrrole nitrogens is 1. The quantitative estimate of drug-likeness (QED) is 0.534. The summed E-state index contributed by atoms with van der Waals surface area (Å²) >= 11 is 0. The molecule has 2 aromatic carbocycles. The number of benzene rings is 2. The van der Waals surface area contributed by atoms with E-state index in [1.54, 1.807) is 0 Å². The van der Waals surface area contributed by atoms with Crippen molar-refractivity contribution in [3.05, 3.63) is 77.6 Å². The Balaban J connectivity index is 1.37. The molecule has 0 saturated heterocycles. The van der Waals surface area contributed by atoms with Gasteiger partial charge in [-0.05, 0) is 47.2 Å². The summed E-state index contributed by atoms with van der Waals surface area (Å²) in [7, 11) is 0. The maximum atomic E-state index is 13.0. The van der Waals surface area contributed by atoms with Crippen LogP contribution in [-0.2, 0) is 13.0 Å². The molecule has 1 aliphatic rings. The third kappa shape index (κ3) is 3.12. The molecule has 2 N–H and O–H groups in total. The van der Waals surface area contributed by atoms with Crippen LogP contribution in [0, 0.1) is 6.92 Å². The fraction of sp³-hybridized carbons (Fsp3) is 0.174. The molecule has 2 aromatic heterocycles. The third-order valence-electron chi connectivity index (χ3n) is 5.62. The summed E-state index contributed by atoms with van der Waals surface area (Å²) in [5.41, 5.74) is 7.28. The van der Waals surface area contributed by atoms with Crippen LogP contribution in [0.25, 0.3) is 22.2 Å². The lowest BCUT2D eigenvalue weighted by Crippen LogP contribution is -2.39. The molecule has 0 unspecified atom stereocenters. The van der Waals surface area contributed by atoms with Gasteiger partial charge in [0.25, 0.3) is 0 Å². The number of carbonyl (C=O) groups is 1. The lowest BCUT2D eigenvalue weighted by atomic mass is 9.99. The zero-order chi connectivity index (χ0) is 19.8. The second kappa shape index (κ2) is 7.05. The number of pyridine rings is 1. The van der Waals surface area contributed by atoms with Crippen molar-refractivity contribution in [2.24, 2.45) is 0 Å². The first-order valence-corrected chi connectivity index (χ1v) is 9.71. The van der Waals surface area contributed by atoms with Crippen LogP contribution >= 0.6 is 0 Å². The minimum absolute atomic E-state index is 0.0868.